The summed E-state index contributed by atoms with van der Waals surface area (Å²) in [5, 5.41) is 9.87. The topological polar surface area (TPSA) is 85.0 Å². The van der Waals surface area contributed by atoms with E-state index in [-0.39, 0.29) is 5.75 Å². The maximum Gasteiger partial charge on any atom is 0.387 e. The number of nitrogens with one attached hydrogen (secondary N) is 2. The second-order valence-corrected chi connectivity index (χ2v) is 6.42. The molecule has 146 valence electrons. The van der Waals surface area contributed by atoms with Crippen LogP contribution in [0.15, 0.2) is 42.9 Å². The Morgan fingerprint density at radius 1 is 1.18 bits per heavy atom. The third-order valence-corrected chi connectivity index (χ3v) is 4.55. The molecule has 0 radical (unpaired) electrons. The van der Waals surface area contributed by atoms with E-state index in [1.807, 2.05) is 6.07 Å². The average molecular weight is 387 g/mol. The summed E-state index contributed by atoms with van der Waals surface area (Å²) in [5.74, 6) is 1.34. The first-order valence-corrected chi connectivity index (χ1v) is 8.94. The molecule has 28 heavy (non-hydrogen) atoms. The van der Waals surface area contributed by atoms with E-state index >= 15 is 0 Å². The molecular formula is C19H19F2N5O2. The van der Waals surface area contributed by atoms with Crippen LogP contribution in [0.25, 0.3) is 11.3 Å². The zero-order valence-electron chi connectivity index (χ0n) is 14.9. The van der Waals surface area contributed by atoms with Crippen LogP contribution in [0.5, 0.6) is 5.75 Å². The van der Waals surface area contributed by atoms with Crippen molar-refractivity contribution in [2.24, 2.45) is 0 Å². The Kier molecular flexibility index (Phi) is 5.43. The summed E-state index contributed by atoms with van der Waals surface area (Å²) in [5.41, 5.74) is 2.76. The van der Waals surface area contributed by atoms with Gasteiger partial charge >= 0.3 is 6.61 Å². The van der Waals surface area contributed by atoms with E-state index < -0.39 is 6.61 Å². The van der Waals surface area contributed by atoms with Gasteiger partial charge in [0.2, 0.25) is 0 Å². The van der Waals surface area contributed by atoms with Crippen LogP contribution in [0.3, 0.4) is 0 Å². The van der Waals surface area contributed by atoms with Crippen LogP contribution in [0.4, 0.5) is 20.4 Å². The van der Waals surface area contributed by atoms with Crippen molar-refractivity contribution < 1.29 is 18.3 Å². The second kappa shape index (κ2) is 8.30. The van der Waals surface area contributed by atoms with Crippen LogP contribution in [-0.4, -0.2) is 40.0 Å². The smallest absolute Gasteiger partial charge is 0.387 e. The van der Waals surface area contributed by atoms with Crippen LogP contribution in [0.1, 0.15) is 24.3 Å². The monoisotopic (exact) mass is 387 g/mol. The highest BCUT2D eigenvalue weighted by Crippen LogP contribution is 2.32. The lowest BCUT2D eigenvalue weighted by molar-refractivity contribution is -0.0498. The Morgan fingerprint density at radius 3 is 2.79 bits per heavy atom. The van der Waals surface area contributed by atoms with Gasteiger partial charge in [-0.1, -0.05) is 0 Å². The summed E-state index contributed by atoms with van der Waals surface area (Å²) in [6, 6.07) is 6.80. The van der Waals surface area contributed by atoms with E-state index in [4.69, 9.17) is 4.74 Å². The van der Waals surface area contributed by atoms with Crippen molar-refractivity contribution in [3.8, 4) is 17.0 Å². The summed E-state index contributed by atoms with van der Waals surface area (Å²) in [4.78, 5) is 8.79. The molecule has 0 saturated carbocycles. The van der Waals surface area contributed by atoms with E-state index in [0.29, 0.717) is 17.6 Å². The SMILES string of the molecule is FC(F)Oc1ccnc(Nc2cc(C3CCOCC3)cc(-c3cn[nH]c3)n2)c1. The van der Waals surface area contributed by atoms with Gasteiger partial charge in [0.25, 0.3) is 0 Å². The maximum atomic E-state index is 12.5. The molecule has 2 N–H and O–H groups in total. The summed E-state index contributed by atoms with van der Waals surface area (Å²) >= 11 is 0. The number of halogens is 2. The summed E-state index contributed by atoms with van der Waals surface area (Å²) in [7, 11) is 0. The molecule has 7 nitrogen and oxygen atoms in total. The van der Waals surface area contributed by atoms with Crippen molar-refractivity contribution in [3.63, 3.8) is 0 Å². The van der Waals surface area contributed by atoms with Gasteiger partial charge in [0.15, 0.2) is 0 Å². The first-order chi connectivity index (χ1) is 13.7. The molecule has 3 aromatic heterocycles. The van der Waals surface area contributed by atoms with Gasteiger partial charge in [-0.05, 0) is 42.5 Å². The average Bonchev–Trinajstić information content (AvgIpc) is 3.23. The van der Waals surface area contributed by atoms with E-state index in [1.54, 1.807) is 12.4 Å². The van der Waals surface area contributed by atoms with E-state index in [1.165, 1.54) is 18.3 Å². The van der Waals surface area contributed by atoms with E-state index in [9.17, 15) is 8.78 Å². The quantitative estimate of drug-likeness (QED) is 0.662. The molecule has 4 heterocycles. The molecule has 0 spiro atoms. The number of hydrogen-bond acceptors (Lipinski definition) is 6. The number of H-pyrrole nitrogens is 1. The molecule has 1 saturated heterocycles. The fourth-order valence-corrected chi connectivity index (χ4v) is 3.21. The molecule has 4 rings (SSSR count). The van der Waals surface area contributed by atoms with Crippen molar-refractivity contribution in [1.29, 1.82) is 0 Å². The van der Waals surface area contributed by atoms with Gasteiger partial charge in [-0.2, -0.15) is 13.9 Å². The molecule has 1 fully saturated rings. The van der Waals surface area contributed by atoms with Gasteiger partial charge < -0.3 is 14.8 Å². The first kappa shape index (κ1) is 18.3. The number of ether oxygens (including phenoxy) is 2. The first-order valence-electron chi connectivity index (χ1n) is 8.94. The van der Waals surface area contributed by atoms with Gasteiger partial charge in [0.1, 0.15) is 17.4 Å². The molecule has 0 aromatic carbocycles. The number of aromatic nitrogens is 4. The molecule has 0 amide bonds. The highest BCUT2D eigenvalue weighted by atomic mass is 19.3. The summed E-state index contributed by atoms with van der Waals surface area (Å²) < 4.78 is 34.8. The predicted octanol–water partition coefficient (Wildman–Crippen LogP) is 4.11. The fraction of sp³-hybridized carbons (Fsp3) is 0.316. The number of alkyl halides is 2. The summed E-state index contributed by atoms with van der Waals surface area (Å²) in [6.07, 6.45) is 6.75. The van der Waals surface area contributed by atoms with Gasteiger partial charge in [0.05, 0.1) is 11.9 Å². The zero-order valence-corrected chi connectivity index (χ0v) is 14.9. The lowest BCUT2D eigenvalue weighted by Crippen LogP contribution is -2.14. The molecule has 1 aliphatic rings. The maximum absolute atomic E-state index is 12.5. The predicted molar refractivity (Wildman–Crippen MR) is 98.8 cm³/mol. The zero-order chi connectivity index (χ0) is 19.3. The minimum absolute atomic E-state index is 0.0307. The van der Waals surface area contributed by atoms with Crippen molar-refractivity contribution >= 4 is 11.6 Å². The molecule has 1 aliphatic heterocycles. The Hall–Kier alpha value is -3.07. The Bertz CT molecular complexity index is 914. The minimum atomic E-state index is -2.89. The third-order valence-electron chi connectivity index (χ3n) is 4.55. The van der Waals surface area contributed by atoms with Crippen LogP contribution in [-0.2, 0) is 4.74 Å². The van der Waals surface area contributed by atoms with Gasteiger partial charge in [0, 0.05) is 37.2 Å². The van der Waals surface area contributed by atoms with Crippen LogP contribution >= 0.6 is 0 Å². The van der Waals surface area contributed by atoms with Crippen molar-refractivity contribution in [1.82, 2.24) is 20.2 Å². The normalized spacial score (nSPS) is 15.0. The van der Waals surface area contributed by atoms with E-state index in [2.05, 4.69) is 36.3 Å². The Morgan fingerprint density at radius 2 is 2.04 bits per heavy atom. The lowest BCUT2D eigenvalue weighted by Gasteiger charge is -2.23. The van der Waals surface area contributed by atoms with E-state index in [0.717, 1.165) is 42.9 Å². The second-order valence-electron chi connectivity index (χ2n) is 6.42. The van der Waals surface area contributed by atoms with Crippen molar-refractivity contribution in [2.45, 2.75) is 25.4 Å². The number of hydrogen-bond donors (Lipinski definition) is 2. The standard InChI is InChI=1S/C19H19F2N5O2/c20-19(21)28-15-1-4-22-17(9-15)26-18-8-13(12-2-5-27-6-3-12)7-16(25-18)14-10-23-24-11-14/h1,4,7-12,19H,2-3,5-6H2,(H,23,24)(H,22,25,26). The minimum Gasteiger partial charge on any atom is -0.435 e. The van der Waals surface area contributed by atoms with Gasteiger partial charge in [-0.15, -0.1) is 0 Å². The number of aromatic amines is 1. The molecule has 0 atom stereocenters. The van der Waals surface area contributed by atoms with Crippen molar-refractivity contribution in [3.05, 3.63) is 48.4 Å². The number of rotatable bonds is 6. The molecule has 3 aromatic rings. The summed E-state index contributed by atoms with van der Waals surface area (Å²) in [6.45, 7) is -1.44. The molecule has 9 heteroatoms. The highest BCUT2D eigenvalue weighted by Gasteiger charge is 2.18. The third kappa shape index (κ3) is 4.42. The van der Waals surface area contributed by atoms with Crippen LogP contribution in [0, 0.1) is 0 Å². The molecular weight excluding hydrogens is 368 g/mol. The van der Waals surface area contributed by atoms with Crippen LogP contribution in [0.2, 0.25) is 0 Å². The number of pyridine rings is 2. The van der Waals surface area contributed by atoms with Crippen molar-refractivity contribution in [2.75, 3.05) is 18.5 Å². The molecule has 0 bridgehead atoms. The fourth-order valence-electron chi connectivity index (χ4n) is 3.21. The lowest BCUT2D eigenvalue weighted by atomic mass is 9.91. The molecule has 0 unspecified atom stereocenters. The number of nitrogens with zero attached hydrogens (tertiary/aromatic N) is 3. The highest BCUT2D eigenvalue weighted by molar-refractivity contribution is 5.64. The number of anilines is 2. The Balaban J connectivity index is 1.65. The van der Waals surface area contributed by atoms with Crippen LogP contribution < -0.4 is 10.1 Å². The van der Waals surface area contributed by atoms with Gasteiger partial charge in [-0.25, -0.2) is 9.97 Å². The molecule has 0 aliphatic carbocycles. The van der Waals surface area contributed by atoms with Gasteiger partial charge in [-0.3, -0.25) is 5.10 Å². The Labute approximate surface area is 160 Å². The largest absolute Gasteiger partial charge is 0.435 e.